The highest BCUT2D eigenvalue weighted by atomic mass is 32.2. The predicted molar refractivity (Wildman–Crippen MR) is 110 cm³/mol. The molecule has 1 aromatic carbocycles. The van der Waals surface area contributed by atoms with Crippen molar-refractivity contribution < 1.29 is 8.60 Å². The lowest BCUT2D eigenvalue weighted by Crippen LogP contribution is -2.22. The minimum atomic E-state index is -1.25. The van der Waals surface area contributed by atoms with Gasteiger partial charge in [-0.3, -0.25) is 4.21 Å². The van der Waals surface area contributed by atoms with Crippen LogP contribution >= 0.6 is 0 Å². The number of nitrogens with zero attached hydrogens (tertiary/aromatic N) is 2. The van der Waals surface area contributed by atoms with Gasteiger partial charge in [0.05, 0.1) is 22.2 Å². The second-order valence-electron chi connectivity index (χ2n) is 7.14. The first-order valence-corrected chi connectivity index (χ1v) is 11.1. The SMILES string of the molecule is C[S@](=O)c1nc(-c2ccnc(NC3CCCCC3)c2)c(-c2ccc(F)cc2)[nH]1. The standard InChI is InChI=1S/C21H23FN4OS/c1-28(27)21-25-19(14-7-9-16(22)10-8-14)20(26-21)15-11-12-23-18(13-15)24-17-5-3-2-4-6-17/h7-13,17H,2-6H2,1H3,(H,23,24)(H,25,26)/t28-/m0/s1. The molecule has 2 heterocycles. The van der Waals surface area contributed by atoms with Crippen molar-refractivity contribution in [3.63, 3.8) is 0 Å². The summed E-state index contributed by atoms with van der Waals surface area (Å²) in [7, 11) is -1.25. The van der Waals surface area contributed by atoms with Crippen LogP contribution < -0.4 is 5.32 Å². The third-order valence-corrected chi connectivity index (χ3v) is 5.82. The Hall–Kier alpha value is -2.54. The van der Waals surface area contributed by atoms with Crippen molar-refractivity contribution in [1.82, 2.24) is 15.0 Å². The molecule has 1 fully saturated rings. The second-order valence-corrected chi connectivity index (χ2v) is 8.43. The van der Waals surface area contributed by atoms with Crippen molar-refractivity contribution >= 4 is 16.6 Å². The monoisotopic (exact) mass is 398 g/mol. The van der Waals surface area contributed by atoms with E-state index in [9.17, 15) is 8.60 Å². The smallest absolute Gasteiger partial charge is 0.197 e. The average molecular weight is 399 g/mol. The zero-order valence-electron chi connectivity index (χ0n) is 15.7. The molecular weight excluding hydrogens is 375 g/mol. The van der Waals surface area contributed by atoms with E-state index in [4.69, 9.17) is 0 Å². The van der Waals surface area contributed by atoms with Crippen LogP contribution in [0.15, 0.2) is 47.8 Å². The molecule has 1 aliphatic rings. The average Bonchev–Trinajstić information content (AvgIpc) is 3.15. The maximum atomic E-state index is 13.3. The van der Waals surface area contributed by atoms with E-state index in [0.29, 0.717) is 16.9 Å². The number of pyridine rings is 1. The van der Waals surface area contributed by atoms with Crippen molar-refractivity contribution in [2.45, 2.75) is 43.3 Å². The minimum Gasteiger partial charge on any atom is -0.367 e. The number of hydrogen-bond donors (Lipinski definition) is 2. The van der Waals surface area contributed by atoms with Crippen LogP contribution in [0.4, 0.5) is 10.2 Å². The maximum Gasteiger partial charge on any atom is 0.197 e. The third kappa shape index (κ3) is 4.14. The summed E-state index contributed by atoms with van der Waals surface area (Å²) in [5.74, 6) is 0.517. The number of aromatic amines is 1. The molecule has 3 aromatic rings. The number of anilines is 1. The lowest BCUT2D eigenvalue weighted by Gasteiger charge is -2.23. The third-order valence-electron chi connectivity index (χ3n) is 5.08. The molecule has 0 radical (unpaired) electrons. The molecule has 1 saturated carbocycles. The van der Waals surface area contributed by atoms with Gasteiger partial charge < -0.3 is 10.3 Å². The topological polar surface area (TPSA) is 70.7 Å². The highest BCUT2D eigenvalue weighted by molar-refractivity contribution is 7.84. The number of rotatable bonds is 5. The molecule has 1 atom stereocenters. The zero-order valence-corrected chi connectivity index (χ0v) is 16.6. The fourth-order valence-corrected chi connectivity index (χ4v) is 4.10. The minimum absolute atomic E-state index is 0.299. The summed E-state index contributed by atoms with van der Waals surface area (Å²) in [5.41, 5.74) is 3.07. The largest absolute Gasteiger partial charge is 0.367 e. The molecule has 0 unspecified atom stereocenters. The molecule has 0 amide bonds. The highest BCUT2D eigenvalue weighted by Crippen LogP contribution is 2.32. The molecule has 4 rings (SSSR count). The summed E-state index contributed by atoms with van der Waals surface area (Å²) in [6.07, 6.45) is 9.46. The molecule has 28 heavy (non-hydrogen) atoms. The lowest BCUT2D eigenvalue weighted by atomic mass is 9.95. The normalized spacial score (nSPS) is 16.1. The van der Waals surface area contributed by atoms with Gasteiger partial charge in [-0.25, -0.2) is 14.4 Å². The first kappa shape index (κ1) is 18.8. The Balaban J connectivity index is 1.70. The van der Waals surface area contributed by atoms with Crippen molar-refractivity contribution in [2.75, 3.05) is 11.6 Å². The van der Waals surface area contributed by atoms with Crippen molar-refractivity contribution in [3.8, 4) is 22.5 Å². The van der Waals surface area contributed by atoms with E-state index in [1.54, 1.807) is 24.6 Å². The van der Waals surface area contributed by atoms with Gasteiger partial charge in [-0.2, -0.15) is 0 Å². The highest BCUT2D eigenvalue weighted by Gasteiger charge is 2.18. The Morgan fingerprint density at radius 2 is 1.86 bits per heavy atom. The van der Waals surface area contributed by atoms with Crippen LogP contribution in [0.5, 0.6) is 0 Å². The molecule has 0 bridgehead atoms. The molecule has 0 aliphatic heterocycles. The fraction of sp³-hybridized carbons (Fsp3) is 0.333. The van der Waals surface area contributed by atoms with Crippen LogP contribution in [0.2, 0.25) is 0 Å². The number of H-pyrrole nitrogens is 1. The molecule has 146 valence electrons. The van der Waals surface area contributed by atoms with Crippen LogP contribution in [0, 0.1) is 5.82 Å². The van der Waals surface area contributed by atoms with Gasteiger partial charge in [0.15, 0.2) is 5.16 Å². The van der Waals surface area contributed by atoms with Gasteiger partial charge in [-0.15, -0.1) is 0 Å². The van der Waals surface area contributed by atoms with Crippen LogP contribution in [0.1, 0.15) is 32.1 Å². The predicted octanol–water partition coefficient (Wildman–Crippen LogP) is 4.76. The van der Waals surface area contributed by atoms with Gasteiger partial charge in [0, 0.05) is 29.6 Å². The molecule has 5 nitrogen and oxygen atoms in total. The second kappa shape index (κ2) is 8.22. The lowest BCUT2D eigenvalue weighted by molar-refractivity contribution is 0.462. The van der Waals surface area contributed by atoms with E-state index in [1.165, 1.54) is 31.4 Å². The first-order chi connectivity index (χ1) is 13.6. The Labute approximate surface area is 166 Å². The quantitative estimate of drug-likeness (QED) is 0.650. The number of aromatic nitrogens is 3. The summed E-state index contributed by atoms with van der Waals surface area (Å²) in [6.45, 7) is 0. The Bertz CT molecular complexity index is 980. The van der Waals surface area contributed by atoms with Gasteiger partial charge in [0.2, 0.25) is 0 Å². The fourth-order valence-electron chi connectivity index (χ4n) is 3.63. The molecule has 0 saturated heterocycles. The summed E-state index contributed by atoms with van der Waals surface area (Å²) in [6, 6.07) is 10.5. The zero-order chi connectivity index (χ0) is 19.5. The number of nitrogens with one attached hydrogen (secondary N) is 2. The number of benzene rings is 1. The van der Waals surface area contributed by atoms with Crippen molar-refractivity contribution in [2.24, 2.45) is 0 Å². The van der Waals surface area contributed by atoms with Gasteiger partial charge in [0.25, 0.3) is 0 Å². The van der Waals surface area contributed by atoms with Gasteiger partial charge >= 0.3 is 0 Å². The molecular formula is C21H23FN4OS. The van der Waals surface area contributed by atoms with Crippen LogP contribution in [0.3, 0.4) is 0 Å². The molecule has 2 aromatic heterocycles. The number of imidazole rings is 1. The van der Waals surface area contributed by atoms with Crippen molar-refractivity contribution in [1.29, 1.82) is 0 Å². The Kier molecular flexibility index (Phi) is 5.52. The Morgan fingerprint density at radius 1 is 1.11 bits per heavy atom. The molecule has 1 aliphatic carbocycles. The molecule has 2 N–H and O–H groups in total. The van der Waals surface area contributed by atoms with Gasteiger partial charge in [-0.1, -0.05) is 19.3 Å². The van der Waals surface area contributed by atoms with E-state index < -0.39 is 10.8 Å². The summed E-state index contributed by atoms with van der Waals surface area (Å²) < 4.78 is 25.3. The number of hydrogen-bond acceptors (Lipinski definition) is 4. The van der Waals surface area contributed by atoms with Crippen LogP contribution in [0.25, 0.3) is 22.5 Å². The maximum absolute atomic E-state index is 13.3. The Morgan fingerprint density at radius 3 is 2.57 bits per heavy atom. The van der Waals surface area contributed by atoms with Crippen molar-refractivity contribution in [3.05, 3.63) is 48.4 Å². The summed E-state index contributed by atoms with van der Waals surface area (Å²) in [5, 5.41) is 3.92. The first-order valence-electron chi connectivity index (χ1n) is 9.52. The van der Waals surface area contributed by atoms with Gasteiger partial charge in [0.1, 0.15) is 11.6 Å². The van der Waals surface area contributed by atoms with E-state index in [-0.39, 0.29) is 5.82 Å². The molecule has 7 heteroatoms. The molecule has 0 spiro atoms. The number of halogens is 1. The van der Waals surface area contributed by atoms with Crippen LogP contribution in [-0.4, -0.2) is 31.5 Å². The van der Waals surface area contributed by atoms with E-state index in [0.717, 1.165) is 35.5 Å². The van der Waals surface area contributed by atoms with Gasteiger partial charge in [-0.05, 0) is 49.2 Å². The summed E-state index contributed by atoms with van der Waals surface area (Å²) >= 11 is 0. The van der Waals surface area contributed by atoms with Crippen LogP contribution in [-0.2, 0) is 10.8 Å². The van der Waals surface area contributed by atoms with E-state index >= 15 is 0 Å². The van der Waals surface area contributed by atoms with E-state index in [1.807, 2.05) is 12.1 Å². The summed E-state index contributed by atoms with van der Waals surface area (Å²) in [4.78, 5) is 12.2. The van der Waals surface area contributed by atoms with E-state index in [2.05, 4.69) is 20.3 Å².